The van der Waals surface area contributed by atoms with E-state index in [-0.39, 0.29) is 17.6 Å². The van der Waals surface area contributed by atoms with Gasteiger partial charge < -0.3 is 25.2 Å². The standard InChI is InChI=1S/C25H24N4O3/c1-28(2)14-24(31)26-16-7-8-20-15(11-16)12-21(27-20)25(32)29-10-9-18-17-5-3-4-6-19(17)23(30)13-22(18)29/h3-8,11-13,27,30H,9-10,14H2,1-2H3,(H,26,31). The lowest BCUT2D eigenvalue weighted by Crippen LogP contribution is -2.29. The van der Waals surface area contributed by atoms with Crippen LogP contribution in [0.5, 0.6) is 5.75 Å². The monoisotopic (exact) mass is 428 g/mol. The van der Waals surface area contributed by atoms with Gasteiger partial charge in [0, 0.05) is 34.6 Å². The van der Waals surface area contributed by atoms with Crippen molar-refractivity contribution in [1.82, 2.24) is 9.88 Å². The Hall–Kier alpha value is -3.84. The molecule has 3 aromatic carbocycles. The molecule has 1 aromatic heterocycles. The number of rotatable bonds is 4. The maximum absolute atomic E-state index is 13.3. The number of benzene rings is 3. The molecule has 7 nitrogen and oxygen atoms in total. The van der Waals surface area contributed by atoms with Gasteiger partial charge in [-0.15, -0.1) is 0 Å². The molecule has 0 unspecified atom stereocenters. The fourth-order valence-corrected chi connectivity index (χ4v) is 4.42. The van der Waals surface area contributed by atoms with Gasteiger partial charge in [-0.25, -0.2) is 0 Å². The van der Waals surface area contributed by atoms with E-state index in [1.807, 2.05) is 56.6 Å². The van der Waals surface area contributed by atoms with Crippen molar-refractivity contribution in [2.24, 2.45) is 0 Å². The molecule has 162 valence electrons. The Morgan fingerprint density at radius 3 is 2.66 bits per heavy atom. The van der Waals surface area contributed by atoms with E-state index in [1.54, 1.807) is 21.9 Å². The molecule has 0 fully saturated rings. The maximum Gasteiger partial charge on any atom is 0.274 e. The van der Waals surface area contributed by atoms with Crippen LogP contribution in [0.3, 0.4) is 0 Å². The van der Waals surface area contributed by atoms with Gasteiger partial charge >= 0.3 is 0 Å². The zero-order chi connectivity index (χ0) is 22.4. The predicted octanol–water partition coefficient (Wildman–Crippen LogP) is 3.73. The molecule has 0 saturated carbocycles. The molecule has 3 N–H and O–H groups in total. The lowest BCUT2D eigenvalue weighted by Gasteiger charge is -2.17. The third-order valence-electron chi connectivity index (χ3n) is 5.83. The molecule has 2 heterocycles. The van der Waals surface area contributed by atoms with Crippen LogP contribution in [0, 0.1) is 0 Å². The number of amides is 2. The Labute approximate surface area is 185 Å². The maximum atomic E-state index is 13.3. The number of likely N-dealkylation sites (N-methyl/N-ethyl adjacent to an activating group) is 1. The van der Waals surface area contributed by atoms with E-state index in [1.165, 1.54) is 0 Å². The summed E-state index contributed by atoms with van der Waals surface area (Å²) < 4.78 is 0. The van der Waals surface area contributed by atoms with E-state index >= 15 is 0 Å². The SMILES string of the molecule is CN(C)CC(=O)Nc1ccc2[nH]c(C(=O)N3CCc4c3cc(O)c3ccccc43)cc2c1. The lowest BCUT2D eigenvalue weighted by molar-refractivity contribution is -0.116. The number of hydrogen-bond donors (Lipinski definition) is 3. The van der Waals surface area contributed by atoms with Crippen molar-refractivity contribution in [3.63, 3.8) is 0 Å². The number of aromatic amines is 1. The largest absolute Gasteiger partial charge is 0.507 e. The molecular weight excluding hydrogens is 404 g/mol. The number of H-pyrrole nitrogens is 1. The normalized spacial score (nSPS) is 13.2. The van der Waals surface area contributed by atoms with Crippen molar-refractivity contribution in [2.45, 2.75) is 6.42 Å². The molecule has 5 rings (SSSR count). The van der Waals surface area contributed by atoms with Gasteiger partial charge in [0.15, 0.2) is 0 Å². The van der Waals surface area contributed by atoms with Crippen molar-refractivity contribution >= 4 is 44.9 Å². The minimum absolute atomic E-state index is 0.0955. The Morgan fingerprint density at radius 1 is 1.09 bits per heavy atom. The lowest BCUT2D eigenvalue weighted by atomic mass is 10.0. The summed E-state index contributed by atoms with van der Waals surface area (Å²) in [7, 11) is 3.68. The molecule has 32 heavy (non-hydrogen) atoms. The van der Waals surface area contributed by atoms with Crippen LogP contribution in [-0.2, 0) is 11.2 Å². The zero-order valence-corrected chi connectivity index (χ0v) is 18.0. The van der Waals surface area contributed by atoms with E-state index in [9.17, 15) is 14.7 Å². The number of hydrogen-bond acceptors (Lipinski definition) is 4. The second-order valence-electron chi connectivity index (χ2n) is 8.42. The van der Waals surface area contributed by atoms with Crippen LogP contribution in [-0.4, -0.2) is 54.0 Å². The molecule has 1 aliphatic rings. The molecule has 4 aromatic rings. The first-order valence-corrected chi connectivity index (χ1v) is 10.5. The van der Waals surface area contributed by atoms with Crippen LogP contribution in [0.15, 0.2) is 54.6 Å². The first-order chi connectivity index (χ1) is 15.4. The van der Waals surface area contributed by atoms with Gasteiger partial charge in [-0.3, -0.25) is 9.59 Å². The summed E-state index contributed by atoms with van der Waals surface area (Å²) in [6.45, 7) is 0.855. The van der Waals surface area contributed by atoms with Crippen LogP contribution in [0.2, 0.25) is 0 Å². The summed E-state index contributed by atoms with van der Waals surface area (Å²) in [6.07, 6.45) is 0.740. The average Bonchev–Trinajstić information content (AvgIpc) is 3.37. The molecule has 0 aliphatic carbocycles. The minimum Gasteiger partial charge on any atom is -0.507 e. The van der Waals surface area contributed by atoms with Crippen molar-refractivity contribution in [1.29, 1.82) is 0 Å². The van der Waals surface area contributed by atoms with Crippen LogP contribution in [0.4, 0.5) is 11.4 Å². The van der Waals surface area contributed by atoms with Crippen LogP contribution in [0.1, 0.15) is 16.1 Å². The van der Waals surface area contributed by atoms with Gasteiger partial charge in [-0.1, -0.05) is 24.3 Å². The molecule has 7 heteroatoms. The van der Waals surface area contributed by atoms with E-state index in [0.29, 0.717) is 24.5 Å². The number of phenols is 1. The van der Waals surface area contributed by atoms with E-state index in [0.717, 1.165) is 39.3 Å². The quantitative estimate of drug-likeness (QED) is 0.462. The third kappa shape index (κ3) is 3.46. The van der Waals surface area contributed by atoms with Crippen LogP contribution in [0.25, 0.3) is 21.7 Å². The number of aromatic nitrogens is 1. The number of carbonyl (C=O) groups excluding carboxylic acids is 2. The summed E-state index contributed by atoms with van der Waals surface area (Å²) >= 11 is 0. The Kier molecular flexibility index (Phi) is 4.83. The number of anilines is 2. The number of nitrogens with zero attached hydrogens (tertiary/aromatic N) is 2. The van der Waals surface area contributed by atoms with Gasteiger partial charge in [-0.2, -0.15) is 0 Å². The van der Waals surface area contributed by atoms with Crippen molar-refractivity contribution in [3.05, 3.63) is 65.9 Å². The Balaban J connectivity index is 1.44. The van der Waals surface area contributed by atoms with Gasteiger partial charge in [0.1, 0.15) is 11.4 Å². The van der Waals surface area contributed by atoms with Crippen LogP contribution >= 0.6 is 0 Å². The van der Waals surface area contributed by atoms with Gasteiger partial charge in [-0.05, 0) is 55.7 Å². The summed E-state index contributed by atoms with van der Waals surface area (Å²) in [5.74, 6) is -0.0662. The van der Waals surface area contributed by atoms with E-state index in [4.69, 9.17) is 0 Å². The average molecular weight is 428 g/mol. The van der Waals surface area contributed by atoms with Crippen molar-refractivity contribution in [2.75, 3.05) is 37.4 Å². The van der Waals surface area contributed by atoms with Crippen molar-refractivity contribution in [3.8, 4) is 5.75 Å². The van der Waals surface area contributed by atoms with Crippen LogP contribution < -0.4 is 10.2 Å². The second-order valence-corrected chi connectivity index (χ2v) is 8.42. The predicted molar refractivity (Wildman–Crippen MR) is 126 cm³/mol. The highest BCUT2D eigenvalue weighted by molar-refractivity contribution is 6.11. The second kappa shape index (κ2) is 7.69. The molecule has 1 aliphatic heterocycles. The molecule has 2 amide bonds. The highest BCUT2D eigenvalue weighted by Crippen LogP contribution is 2.40. The molecule has 0 radical (unpaired) electrons. The fourth-order valence-electron chi connectivity index (χ4n) is 4.42. The summed E-state index contributed by atoms with van der Waals surface area (Å²) in [5, 5.41) is 16.0. The molecule has 0 atom stereocenters. The molecule has 0 spiro atoms. The highest BCUT2D eigenvalue weighted by Gasteiger charge is 2.29. The molecule has 0 bridgehead atoms. The Morgan fingerprint density at radius 2 is 1.88 bits per heavy atom. The first-order valence-electron chi connectivity index (χ1n) is 10.5. The topological polar surface area (TPSA) is 88.7 Å². The molecular formula is C25H24N4O3. The minimum atomic E-state index is -0.146. The number of fused-ring (bicyclic) bond motifs is 4. The zero-order valence-electron chi connectivity index (χ0n) is 18.0. The van der Waals surface area contributed by atoms with E-state index < -0.39 is 0 Å². The van der Waals surface area contributed by atoms with Gasteiger partial charge in [0.2, 0.25) is 5.91 Å². The highest BCUT2D eigenvalue weighted by atomic mass is 16.3. The molecule has 0 saturated heterocycles. The summed E-state index contributed by atoms with van der Waals surface area (Å²) in [6, 6.07) is 16.7. The number of nitrogens with one attached hydrogen (secondary N) is 2. The van der Waals surface area contributed by atoms with Gasteiger partial charge in [0.25, 0.3) is 5.91 Å². The first kappa shape index (κ1) is 20.1. The number of aromatic hydroxyl groups is 1. The smallest absolute Gasteiger partial charge is 0.274 e. The third-order valence-corrected chi connectivity index (χ3v) is 5.83. The van der Waals surface area contributed by atoms with Gasteiger partial charge in [0.05, 0.1) is 12.2 Å². The van der Waals surface area contributed by atoms with E-state index in [2.05, 4.69) is 10.3 Å². The van der Waals surface area contributed by atoms with Crippen molar-refractivity contribution < 1.29 is 14.7 Å². The number of phenolic OH excluding ortho intramolecular Hbond substituents is 1. The summed E-state index contributed by atoms with van der Waals surface area (Å²) in [4.78, 5) is 32.1. The summed E-state index contributed by atoms with van der Waals surface area (Å²) in [5.41, 5.74) is 3.80. The Bertz CT molecular complexity index is 1370. The number of carbonyl (C=O) groups is 2. The fraction of sp³-hybridized carbons (Fsp3) is 0.200.